The standard InChI is InChI=1S/C21H24N2O5/c1-14(24-13-21-25-12-16-5-3-4-6-20(16)27-21)7-8-15(2)26-17-9-10-18-19(11-17)23-28-22-18/h3-6,9-11,14-15,21H,7-8,12-13H2,1-2H3. The third-order valence-corrected chi connectivity index (χ3v) is 4.71. The van der Waals surface area contributed by atoms with E-state index in [1.807, 2.05) is 49.4 Å². The number of hydrogen-bond acceptors (Lipinski definition) is 7. The molecule has 2 heterocycles. The third-order valence-electron chi connectivity index (χ3n) is 4.71. The SMILES string of the molecule is CC(CCC(C)Oc1ccc2nonc2c1)OCC1OCc2ccccc2O1. The summed E-state index contributed by atoms with van der Waals surface area (Å²) in [5.74, 6) is 1.63. The van der Waals surface area contributed by atoms with Crippen LogP contribution in [0.1, 0.15) is 32.3 Å². The lowest BCUT2D eigenvalue weighted by Gasteiger charge is -2.27. The highest BCUT2D eigenvalue weighted by Gasteiger charge is 2.21. The first kappa shape index (κ1) is 18.7. The van der Waals surface area contributed by atoms with Crippen LogP contribution in [0, 0.1) is 0 Å². The summed E-state index contributed by atoms with van der Waals surface area (Å²) in [5, 5.41) is 7.63. The molecule has 3 aromatic rings. The van der Waals surface area contributed by atoms with Crippen molar-refractivity contribution in [2.45, 2.75) is 51.8 Å². The minimum atomic E-state index is -0.367. The van der Waals surface area contributed by atoms with E-state index in [0.717, 1.165) is 35.4 Å². The molecule has 7 nitrogen and oxygen atoms in total. The highest BCUT2D eigenvalue weighted by molar-refractivity contribution is 5.74. The normalized spacial score (nSPS) is 18.3. The van der Waals surface area contributed by atoms with Crippen molar-refractivity contribution in [2.24, 2.45) is 0 Å². The van der Waals surface area contributed by atoms with Crippen molar-refractivity contribution in [3.63, 3.8) is 0 Å². The van der Waals surface area contributed by atoms with Gasteiger partial charge in [-0.1, -0.05) is 18.2 Å². The molecule has 4 rings (SSSR count). The summed E-state index contributed by atoms with van der Waals surface area (Å²) >= 11 is 0. The van der Waals surface area contributed by atoms with Crippen molar-refractivity contribution in [3.05, 3.63) is 48.0 Å². The van der Waals surface area contributed by atoms with E-state index in [2.05, 4.69) is 17.2 Å². The Morgan fingerprint density at radius 1 is 1.04 bits per heavy atom. The van der Waals surface area contributed by atoms with Crippen LogP contribution in [0.3, 0.4) is 0 Å². The Labute approximate surface area is 163 Å². The van der Waals surface area contributed by atoms with Crippen molar-refractivity contribution in [1.29, 1.82) is 0 Å². The second-order valence-corrected chi connectivity index (χ2v) is 7.03. The molecule has 7 heteroatoms. The Morgan fingerprint density at radius 2 is 1.86 bits per heavy atom. The van der Waals surface area contributed by atoms with Gasteiger partial charge in [0.25, 0.3) is 0 Å². The molecule has 0 radical (unpaired) electrons. The van der Waals surface area contributed by atoms with Crippen molar-refractivity contribution < 1.29 is 23.6 Å². The van der Waals surface area contributed by atoms with E-state index in [-0.39, 0.29) is 18.5 Å². The summed E-state index contributed by atoms with van der Waals surface area (Å²) in [6.07, 6.45) is 1.51. The average Bonchev–Trinajstić information content (AvgIpc) is 3.18. The van der Waals surface area contributed by atoms with Crippen LogP contribution in [0.4, 0.5) is 0 Å². The van der Waals surface area contributed by atoms with Crippen molar-refractivity contribution in [1.82, 2.24) is 10.3 Å². The van der Waals surface area contributed by atoms with Gasteiger partial charge in [0.1, 0.15) is 29.1 Å². The van der Waals surface area contributed by atoms with Gasteiger partial charge in [-0.3, -0.25) is 0 Å². The molecule has 3 unspecified atom stereocenters. The molecule has 0 bridgehead atoms. The Balaban J connectivity index is 1.18. The molecule has 0 fully saturated rings. The van der Waals surface area contributed by atoms with E-state index < -0.39 is 0 Å². The van der Waals surface area contributed by atoms with Crippen LogP contribution in [0.5, 0.6) is 11.5 Å². The summed E-state index contributed by atoms with van der Waals surface area (Å²) < 4.78 is 28.1. The first-order valence-corrected chi connectivity index (χ1v) is 9.54. The van der Waals surface area contributed by atoms with Crippen molar-refractivity contribution in [2.75, 3.05) is 6.61 Å². The maximum absolute atomic E-state index is 5.96. The number of ether oxygens (including phenoxy) is 4. The number of aromatic nitrogens is 2. The molecule has 2 aromatic carbocycles. The van der Waals surface area contributed by atoms with Crippen LogP contribution in [0.2, 0.25) is 0 Å². The summed E-state index contributed by atoms with van der Waals surface area (Å²) in [4.78, 5) is 0. The van der Waals surface area contributed by atoms with Crippen LogP contribution >= 0.6 is 0 Å². The number of para-hydroxylation sites is 1. The molecule has 148 valence electrons. The lowest BCUT2D eigenvalue weighted by molar-refractivity contribution is -0.152. The molecule has 0 aliphatic carbocycles. The predicted octanol–water partition coefficient (Wildman–Crippen LogP) is 4.11. The number of rotatable bonds is 8. The summed E-state index contributed by atoms with van der Waals surface area (Å²) in [7, 11) is 0. The monoisotopic (exact) mass is 384 g/mol. The zero-order valence-corrected chi connectivity index (χ0v) is 16.0. The smallest absolute Gasteiger partial charge is 0.223 e. The number of nitrogens with zero attached hydrogens (tertiary/aromatic N) is 2. The van der Waals surface area contributed by atoms with Gasteiger partial charge in [-0.15, -0.1) is 0 Å². The first-order valence-electron chi connectivity index (χ1n) is 9.54. The fourth-order valence-corrected chi connectivity index (χ4v) is 3.10. The molecule has 28 heavy (non-hydrogen) atoms. The van der Waals surface area contributed by atoms with Gasteiger partial charge in [0, 0.05) is 11.6 Å². The van der Waals surface area contributed by atoms with E-state index in [1.54, 1.807) is 0 Å². The van der Waals surface area contributed by atoms with Gasteiger partial charge >= 0.3 is 0 Å². The lowest BCUT2D eigenvalue weighted by Crippen LogP contribution is -2.31. The number of benzene rings is 2. The molecule has 0 amide bonds. The topological polar surface area (TPSA) is 75.8 Å². The van der Waals surface area contributed by atoms with E-state index in [9.17, 15) is 0 Å². The molecule has 0 spiro atoms. The molecule has 0 saturated carbocycles. The Bertz CT molecular complexity index is 912. The highest BCUT2D eigenvalue weighted by atomic mass is 16.7. The van der Waals surface area contributed by atoms with E-state index in [1.165, 1.54) is 0 Å². The Hall–Kier alpha value is -2.64. The molecule has 1 aliphatic rings. The van der Waals surface area contributed by atoms with Gasteiger partial charge in [0.15, 0.2) is 0 Å². The zero-order valence-electron chi connectivity index (χ0n) is 16.0. The molecular weight excluding hydrogens is 360 g/mol. The summed E-state index contributed by atoms with van der Waals surface area (Å²) in [5.41, 5.74) is 2.48. The number of fused-ring (bicyclic) bond motifs is 2. The molecule has 1 aliphatic heterocycles. The molecule has 0 N–H and O–H groups in total. The van der Waals surface area contributed by atoms with Gasteiger partial charge in [-0.05, 0) is 55.2 Å². The van der Waals surface area contributed by atoms with Crippen molar-refractivity contribution in [3.8, 4) is 11.5 Å². The summed E-state index contributed by atoms with van der Waals surface area (Å²) in [6.45, 7) is 5.05. The van der Waals surface area contributed by atoms with Gasteiger partial charge < -0.3 is 18.9 Å². The van der Waals surface area contributed by atoms with Gasteiger partial charge in [0.2, 0.25) is 6.29 Å². The van der Waals surface area contributed by atoms with Gasteiger partial charge in [0.05, 0.1) is 18.8 Å². The second-order valence-electron chi connectivity index (χ2n) is 7.03. The lowest BCUT2D eigenvalue weighted by atomic mass is 10.1. The zero-order chi connectivity index (χ0) is 19.3. The quantitative estimate of drug-likeness (QED) is 0.578. The fraction of sp³-hybridized carbons (Fsp3) is 0.429. The second kappa shape index (κ2) is 8.58. The van der Waals surface area contributed by atoms with Crippen LogP contribution in [-0.4, -0.2) is 35.4 Å². The van der Waals surface area contributed by atoms with E-state index in [0.29, 0.717) is 18.7 Å². The van der Waals surface area contributed by atoms with Crippen molar-refractivity contribution >= 4 is 11.0 Å². The predicted molar refractivity (Wildman–Crippen MR) is 102 cm³/mol. The van der Waals surface area contributed by atoms with E-state index >= 15 is 0 Å². The average molecular weight is 384 g/mol. The highest BCUT2D eigenvalue weighted by Crippen LogP contribution is 2.26. The molecule has 0 saturated heterocycles. The van der Waals surface area contributed by atoms with Gasteiger partial charge in [-0.25, -0.2) is 4.63 Å². The largest absolute Gasteiger partial charge is 0.491 e. The molecular formula is C21H24N2O5. The van der Waals surface area contributed by atoms with E-state index in [4.69, 9.17) is 23.6 Å². The fourth-order valence-electron chi connectivity index (χ4n) is 3.10. The van der Waals surface area contributed by atoms with Crippen LogP contribution in [-0.2, 0) is 16.1 Å². The van der Waals surface area contributed by atoms with Crippen LogP contribution < -0.4 is 9.47 Å². The number of hydrogen-bond donors (Lipinski definition) is 0. The summed E-state index contributed by atoms with van der Waals surface area (Å²) in [6, 6.07) is 13.4. The van der Waals surface area contributed by atoms with Crippen LogP contribution in [0.15, 0.2) is 47.1 Å². The molecule has 1 aromatic heterocycles. The van der Waals surface area contributed by atoms with Crippen LogP contribution in [0.25, 0.3) is 11.0 Å². The maximum Gasteiger partial charge on any atom is 0.223 e. The minimum Gasteiger partial charge on any atom is -0.491 e. The third kappa shape index (κ3) is 4.61. The molecule has 3 atom stereocenters. The first-order chi connectivity index (χ1) is 13.7. The van der Waals surface area contributed by atoms with Gasteiger partial charge in [-0.2, -0.15) is 0 Å². The Morgan fingerprint density at radius 3 is 2.79 bits per heavy atom. The maximum atomic E-state index is 5.96. The minimum absolute atomic E-state index is 0.0532. The Kier molecular flexibility index (Phi) is 5.73.